The molecule has 1 saturated carbocycles. The van der Waals surface area contributed by atoms with E-state index in [2.05, 4.69) is 23.5 Å². The number of rotatable bonds is 3. The number of allylic oxidation sites excluding steroid dienone is 2. The molecule has 0 saturated heterocycles. The van der Waals surface area contributed by atoms with Gasteiger partial charge in [-0.3, -0.25) is 0 Å². The molecule has 1 aromatic rings. The van der Waals surface area contributed by atoms with Crippen molar-refractivity contribution in [3.63, 3.8) is 0 Å². The molecule has 18 heavy (non-hydrogen) atoms. The van der Waals surface area contributed by atoms with E-state index in [0.29, 0.717) is 5.75 Å². The number of nitrogens with one attached hydrogen (secondary N) is 1. The molecular formula is C16H21NO. The number of benzene rings is 1. The Kier molecular flexibility index (Phi) is 2.81. The third-order valence-corrected chi connectivity index (χ3v) is 4.60. The zero-order chi connectivity index (χ0) is 12.7. The van der Waals surface area contributed by atoms with E-state index in [1.165, 1.54) is 12.8 Å². The highest BCUT2D eigenvalue weighted by Gasteiger charge is 2.35. The topological polar surface area (TPSA) is 32.3 Å². The average Bonchev–Trinajstić information content (AvgIpc) is 2.97. The van der Waals surface area contributed by atoms with Crippen molar-refractivity contribution >= 4 is 5.69 Å². The van der Waals surface area contributed by atoms with Crippen LogP contribution in [0.15, 0.2) is 24.3 Å². The summed E-state index contributed by atoms with van der Waals surface area (Å²) in [7, 11) is 0. The van der Waals surface area contributed by atoms with Crippen molar-refractivity contribution in [3.05, 3.63) is 35.4 Å². The Morgan fingerprint density at radius 2 is 2.06 bits per heavy atom. The maximum atomic E-state index is 9.93. The highest BCUT2D eigenvalue weighted by atomic mass is 16.3. The zero-order valence-electron chi connectivity index (χ0n) is 11.1. The molecule has 1 fully saturated rings. The van der Waals surface area contributed by atoms with Gasteiger partial charge in [0.05, 0.1) is 0 Å². The lowest BCUT2D eigenvalue weighted by Gasteiger charge is -2.20. The van der Waals surface area contributed by atoms with Crippen molar-refractivity contribution < 1.29 is 5.11 Å². The van der Waals surface area contributed by atoms with Gasteiger partial charge in [0, 0.05) is 17.8 Å². The van der Waals surface area contributed by atoms with Crippen LogP contribution >= 0.6 is 0 Å². The molecule has 0 radical (unpaired) electrons. The number of phenols is 1. The third-order valence-electron chi connectivity index (χ3n) is 4.60. The van der Waals surface area contributed by atoms with Crippen molar-refractivity contribution in [2.75, 3.05) is 11.9 Å². The number of aryl methyl sites for hydroxylation is 1. The second-order valence-corrected chi connectivity index (χ2v) is 5.82. The van der Waals surface area contributed by atoms with Crippen molar-refractivity contribution in [3.8, 4) is 5.75 Å². The summed E-state index contributed by atoms with van der Waals surface area (Å²) in [5.41, 5.74) is 2.99. The molecule has 2 aliphatic rings. The van der Waals surface area contributed by atoms with Gasteiger partial charge in [0.25, 0.3) is 0 Å². The fraction of sp³-hybridized carbons (Fsp3) is 0.500. The minimum Gasteiger partial charge on any atom is -0.507 e. The maximum Gasteiger partial charge on any atom is 0.123 e. The summed E-state index contributed by atoms with van der Waals surface area (Å²) in [5, 5.41) is 13.4. The number of fused-ring (bicyclic) bond motifs is 2. The molecule has 0 aliphatic heterocycles. The van der Waals surface area contributed by atoms with Crippen LogP contribution in [0.1, 0.15) is 24.0 Å². The maximum absolute atomic E-state index is 9.93. The zero-order valence-corrected chi connectivity index (χ0v) is 11.1. The third kappa shape index (κ3) is 1.90. The molecule has 0 spiro atoms. The van der Waals surface area contributed by atoms with Gasteiger partial charge in [-0.2, -0.15) is 0 Å². The molecular weight excluding hydrogens is 222 g/mol. The smallest absolute Gasteiger partial charge is 0.123 e. The molecule has 96 valence electrons. The number of aromatic hydroxyl groups is 1. The lowest BCUT2D eigenvalue weighted by atomic mass is 9.93. The predicted molar refractivity (Wildman–Crippen MR) is 74.9 cm³/mol. The van der Waals surface area contributed by atoms with Crippen LogP contribution in [0, 0.1) is 31.6 Å². The van der Waals surface area contributed by atoms with Crippen molar-refractivity contribution in [2.45, 2.75) is 26.7 Å². The molecule has 3 rings (SSSR count). The quantitative estimate of drug-likeness (QED) is 0.794. The van der Waals surface area contributed by atoms with E-state index in [1.54, 1.807) is 0 Å². The Morgan fingerprint density at radius 3 is 2.72 bits per heavy atom. The first-order valence-corrected chi connectivity index (χ1v) is 6.86. The number of hydrogen-bond donors (Lipinski definition) is 2. The van der Waals surface area contributed by atoms with Crippen LogP contribution in [-0.4, -0.2) is 11.7 Å². The second-order valence-electron chi connectivity index (χ2n) is 5.82. The highest BCUT2D eigenvalue weighted by molar-refractivity contribution is 5.59. The van der Waals surface area contributed by atoms with Crippen LogP contribution in [0.2, 0.25) is 0 Å². The Morgan fingerprint density at radius 1 is 1.22 bits per heavy atom. The fourth-order valence-corrected chi connectivity index (χ4v) is 3.40. The lowest BCUT2D eigenvalue weighted by molar-refractivity contribution is 0.464. The first-order valence-electron chi connectivity index (χ1n) is 6.86. The summed E-state index contributed by atoms with van der Waals surface area (Å²) in [4.78, 5) is 0. The normalized spacial score (nSPS) is 28.9. The summed E-state index contributed by atoms with van der Waals surface area (Å²) >= 11 is 0. The molecule has 3 atom stereocenters. The van der Waals surface area contributed by atoms with Gasteiger partial charge in [-0.25, -0.2) is 0 Å². The van der Waals surface area contributed by atoms with E-state index in [0.717, 1.165) is 41.1 Å². The van der Waals surface area contributed by atoms with Crippen molar-refractivity contribution in [1.82, 2.24) is 0 Å². The molecule has 3 unspecified atom stereocenters. The largest absolute Gasteiger partial charge is 0.507 e. The van der Waals surface area contributed by atoms with Crippen LogP contribution in [-0.2, 0) is 0 Å². The summed E-state index contributed by atoms with van der Waals surface area (Å²) in [5.74, 6) is 2.80. The summed E-state index contributed by atoms with van der Waals surface area (Å²) in [6, 6.07) is 4.05. The minimum absolute atomic E-state index is 0.424. The molecule has 2 N–H and O–H groups in total. The van der Waals surface area contributed by atoms with Crippen LogP contribution in [0.4, 0.5) is 5.69 Å². The van der Waals surface area contributed by atoms with E-state index in [-0.39, 0.29) is 0 Å². The molecule has 0 aromatic heterocycles. The Hall–Kier alpha value is -1.44. The van der Waals surface area contributed by atoms with Gasteiger partial charge < -0.3 is 10.4 Å². The first-order chi connectivity index (χ1) is 8.65. The van der Waals surface area contributed by atoms with Gasteiger partial charge in [0.2, 0.25) is 0 Å². The number of hydrogen-bond acceptors (Lipinski definition) is 2. The van der Waals surface area contributed by atoms with Crippen LogP contribution in [0.5, 0.6) is 5.75 Å². The molecule has 0 heterocycles. The number of phenolic OH excluding ortho intramolecular Hbond substituents is 1. The molecule has 2 nitrogen and oxygen atoms in total. The Balaban J connectivity index is 1.67. The van der Waals surface area contributed by atoms with E-state index in [9.17, 15) is 5.11 Å². The molecule has 2 aliphatic carbocycles. The monoisotopic (exact) mass is 243 g/mol. The van der Waals surface area contributed by atoms with Crippen molar-refractivity contribution in [1.29, 1.82) is 0 Å². The SMILES string of the molecule is Cc1ccc(NCC2CC3C=CC2C3)c(C)c1O. The van der Waals surface area contributed by atoms with Gasteiger partial charge in [-0.15, -0.1) is 0 Å². The standard InChI is InChI=1S/C16H21NO/c1-10-3-6-15(11(2)16(10)18)17-9-14-8-12-4-5-13(14)7-12/h3-6,12-14,17-18H,7-9H2,1-2H3. The van der Waals surface area contributed by atoms with E-state index < -0.39 is 0 Å². The van der Waals surface area contributed by atoms with Crippen LogP contribution in [0.3, 0.4) is 0 Å². The van der Waals surface area contributed by atoms with Crippen LogP contribution in [0.25, 0.3) is 0 Å². The molecule has 2 bridgehead atoms. The van der Waals surface area contributed by atoms with Gasteiger partial charge >= 0.3 is 0 Å². The van der Waals surface area contributed by atoms with Gasteiger partial charge in [0.1, 0.15) is 5.75 Å². The summed E-state index contributed by atoms with van der Waals surface area (Å²) in [6.07, 6.45) is 7.44. The van der Waals surface area contributed by atoms with E-state index in [4.69, 9.17) is 0 Å². The molecule has 0 amide bonds. The summed E-state index contributed by atoms with van der Waals surface area (Å²) in [6.45, 7) is 4.94. The highest BCUT2D eigenvalue weighted by Crippen LogP contribution is 2.43. The predicted octanol–water partition coefficient (Wildman–Crippen LogP) is 3.63. The van der Waals surface area contributed by atoms with Crippen molar-refractivity contribution in [2.24, 2.45) is 17.8 Å². The van der Waals surface area contributed by atoms with Crippen LogP contribution < -0.4 is 5.32 Å². The summed E-state index contributed by atoms with van der Waals surface area (Å²) < 4.78 is 0. The average molecular weight is 243 g/mol. The minimum atomic E-state index is 0.424. The Labute approximate surface area is 109 Å². The first kappa shape index (κ1) is 11.6. The second kappa shape index (κ2) is 4.34. The lowest BCUT2D eigenvalue weighted by Crippen LogP contribution is -2.18. The molecule has 2 heteroatoms. The Bertz CT molecular complexity index is 492. The fourth-order valence-electron chi connectivity index (χ4n) is 3.40. The van der Waals surface area contributed by atoms with Gasteiger partial charge in [0.15, 0.2) is 0 Å². The van der Waals surface area contributed by atoms with Gasteiger partial charge in [-0.1, -0.05) is 18.2 Å². The number of anilines is 1. The van der Waals surface area contributed by atoms with Gasteiger partial charge in [-0.05, 0) is 56.1 Å². The molecule has 1 aromatic carbocycles. The van der Waals surface area contributed by atoms with E-state index in [1.807, 2.05) is 19.9 Å². The van der Waals surface area contributed by atoms with E-state index >= 15 is 0 Å².